The van der Waals surface area contributed by atoms with Crippen molar-refractivity contribution in [1.82, 2.24) is 4.90 Å². The number of phenolic OH excluding ortho intramolecular Hbond substituents is 1. The van der Waals surface area contributed by atoms with Gasteiger partial charge in [0, 0.05) is 13.1 Å². The fourth-order valence-corrected chi connectivity index (χ4v) is 1.91. The fraction of sp³-hybridized carbons (Fsp3) is 0.400. The predicted octanol–water partition coefficient (Wildman–Crippen LogP) is 3.03. The van der Waals surface area contributed by atoms with E-state index in [-0.39, 0.29) is 11.8 Å². The van der Waals surface area contributed by atoms with Crippen molar-refractivity contribution in [1.29, 1.82) is 0 Å². The SMILES string of the molecule is CC(C)(C)OC(=O)N1CC=C(c2ccc(O)cc2)C1. The van der Waals surface area contributed by atoms with Crippen LogP contribution in [-0.4, -0.2) is 34.8 Å². The molecule has 1 aliphatic heterocycles. The third-order valence-electron chi connectivity index (χ3n) is 2.81. The van der Waals surface area contributed by atoms with Crippen molar-refractivity contribution in [2.75, 3.05) is 13.1 Å². The maximum Gasteiger partial charge on any atom is 0.410 e. The molecule has 1 aromatic rings. The number of benzene rings is 1. The zero-order chi connectivity index (χ0) is 14.0. The van der Waals surface area contributed by atoms with Crippen LogP contribution in [0.3, 0.4) is 0 Å². The van der Waals surface area contributed by atoms with Crippen LogP contribution < -0.4 is 0 Å². The van der Waals surface area contributed by atoms with Gasteiger partial charge in [0.05, 0.1) is 0 Å². The lowest BCUT2D eigenvalue weighted by atomic mass is 10.1. The number of nitrogens with zero attached hydrogens (tertiary/aromatic N) is 1. The van der Waals surface area contributed by atoms with Crippen LogP contribution in [0, 0.1) is 0 Å². The second-order valence-corrected chi connectivity index (χ2v) is 5.64. The lowest BCUT2D eigenvalue weighted by molar-refractivity contribution is 0.0306. The number of aromatic hydroxyl groups is 1. The number of hydrogen-bond acceptors (Lipinski definition) is 3. The van der Waals surface area contributed by atoms with E-state index in [9.17, 15) is 9.90 Å². The van der Waals surface area contributed by atoms with Crippen molar-refractivity contribution >= 4 is 11.7 Å². The second kappa shape index (κ2) is 4.96. The smallest absolute Gasteiger partial charge is 0.410 e. The highest BCUT2D eigenvalue weighted by atomic mass is 16.6. The topological polar surface area (TPSA) is 49.8 Å². The van der Waals surface area contributed by atoms with Gasteiger partial charge in [-0.2, -0.15) is 0 Å². The summed E-state index contributed by atoms with van der Waals surface area (Å²) in [6.07, 6.45) is 1.72. The summed E-state index contributed by atoms with van der Waals surface area (Å²) in [5.74, 6) is 0.242. The molecular formula is C15H19NO3. The van der Waals surface area contributed by atoms with Gasteiger partial charge in [0.15, 0.2) is 0 Å². The summed E-state index contributed by atoms with van der Waals surface area (Å²) in [5, 5.41) is 9.26. The van der Waals surface area contributed by atoms with Crippen LogP contribution in [0.1, 0.15) is 26.3 Å². The first-order chi connectivity index (χ1) is 8.85. The Morgan fingerprint density at radius 2 is 1.89 bits per heavy atom. The Balaban J connectivity index is 1.99. The maximum absolute atomic E-state index is 11.9. The molecule has 0 saturated carbocycles. The maximum atomic E-state index is 11.9. The van der Waals surface area contributed by atoms with Gasteiger partial charge in [0.2, 0.25) is 0 Å². The van der Waals surface area contributed by atoms with Gasteiger partial charge in [-0.15, -0.1) is 0 Å². The zero-order valence-corrected chi connectivity index (χ0v) is 11.5. The van der Waals surface area contributed by atoms with Crippen molar-refractivity contribution in [3.63, 3.8) is 0 Å². The Bertz CT molecular complexity index is 497. The van der Waals surface area contributed by atoms with Crippen LogP contribution in [0.25, 0.3) is 5.57 Å². The summed E-state index contributed by atoms with van der Waals surface area (Å²) in [6.45, 7) is 6.67. The molecule has 0 bridgehead atoms. The summed E-state index contributed by atoms with van der Waals surface area (Å²) in [7, 11) is 0. The molecule has 1 N–H and O–H groups in total. The van der Waals surface area contributed by atoms with Crippen molar-refractivity contribution in [3.05, 3.63) is 35.9 Å². The molecule has 0 unspecified atom stereocenters. The van der Waals surface area contributed by atoms with Crippen LogP contribution in [0.4, 0.5) is 4.79 Å². The molecule has 4 nitrogen and oxygen atoms in total. The minimum absolute atomic E-state index is 0.242. The molecule has 0 saturated heterocycles. The van der Waals surface area contributed by atoms with Crippen LogP contribution >= 0.6 is 0 Å². The third-order valence-corrected chi connectivity index (χ3v) is 2.81. The molecule has 0 aromatic heterocycles. The van der Waals surface area contributed by atoms with Gasteiger partial charge in [0.1, 0.15) is 11.4 Å². The molecule has 0 aliphatic carbocycles. The van der Waals surface area contributed by atoms with Gasteiger partial charge < -0.3 is 14.7 Å². The lowest BCUT2D eigenvalue weighted by Gasteiger charge is -2.24. The van der Waals surface area contributed by atoms with Crippen molar-refractivity contribution in [2.24, 2.45) is 0 Å². The van der Waals surface area contributed by atoms with Crippen LogP contribution in [-0.2, 0) is 4.74 Å². The summed E-state index contributed by atoms with van der Waals surface area (Å²) < 4.78 is 5.34. The molecule has 0 fully saturated rings. The van der Waals surface area contributed by atoms with E-state index >= 15 is 0 Å². The van der Waals surface area contributed by atoms with Gasteiger partial charge in [-0.1, -0.05) is 18.2 Å². The molecule has 0 radical (unpaired) electrons. The number of carbonyl (C=O) groups is 1. The first kappa shape index (κ1) is 13.5. The Morgan fingerprint density at radius 1 is 1.26 bits per heavy atom. The van der Waals surface area contributed by atoms with E-state index in [2.05, 4.69) is 0 Å². The van der Waals surface area contributed by atoms with E-state index in [1.807, 2.05) is 39.0 Å². The highest BCUT2D eigenvalue weighted by molar-refractivity contribution is 5.77. The number of rotatable bonds is 1. The molecule has 4 heteroatoms. The molecule has 1 aromatic carbocycles. The summed E-state index contributed by atoms with van der Waals surface area (Å²) in [5.41, 5.74) is 1.62. The molecule has 0 spiro atoms. The standard InChI is InChI=1S/C15H19NO3/c1-15(2,3)19-14(18)16-9-8-12(10-16)11-4-6-13(17)7-5-11/h4-8,17H,9-10H2,1-3H3. The van der Waals surface area contributed by atoms with Gasteiger partial charge in [-0.25, -0.2) is 4.79 Å². The predicted molar refractivity (Wildman–Crippen MR) is 73.9 cm³/mol. The van der Waals surface area contributed by atoms with Crippen molar-refractivity contribution in [2.45, 2.75) is 26.4 Å². The fourth-order valence-electron chi connectivity index (χ4n) is 1.91. The van der Waals surface area contributed by atoms with Crippen molar-refractivity contribution < 1.29 is 14.6 Å². The first-order valence-corrected chi connectivity index (χ1v) is 6.31. The monoisotopic (exact) mass is 261 g/mol. The molecule has 19 heavy (non-hydrogen) atoms. The molecule has 1 heterocycles. The molecule has 1 aliphatic rings. The van der Waals surface area contributed by atoms with E-state index < -0.39 is 5.60 Å². The second-order valence-electron chi connectivity index (χ2n) is 5.64. The lowest BCUT2D eigenvalue weighted by Crippen LogP contribution is -2.35. The minimum atomic E-state index is -0.474. The van der Waals surface area contributed by atoms with E-state index in [0.717, 1.165) is 11.1 Å². The van der Waals surface area contributed by atoms with E-state index in [1.165, 1.54) is 0 Å². The molecule has 1 amide bonds. The normalized spacial score (nSPS) is 15.3. The average molecular weight is 261 g/mol. The summed E-state index contributed by atoms with van der Waals surface area (Å²) in [4.78, 5) is 13.6. The average Bonchev–Trinajstić information content (AvgIpc) is 2.77. The Hall–Kier alpha value is -1.97. The molecule has 102 valence electrons. The quantitative estimate of drug-likeness (QED) is 0.845. The van der Waals surface area contributed by atoms with E-state index in [1.54, 1.807) is 17.0 Å². The Labute approximate surface area is 113 Å². The molecule has 0 atom stereocenters. The Kier molecular flexibility index (Phi) is 3.51. The van der Waals surface area contributed by atoms with Gasteiger partial charge >= 0.3 is 6.09 Å². The van der Waals surface area contributed by atoms with Crippen LogP contribution in [0.15, 0.2) is 30.3 Å². The highest BCUT2D eigenvalue weighted by Crippen LogP contribution is 2.24. The Morgan fingerprint density at radius 3 is 2.47 bits per heavy atom. The number of hydrogen-bond donors (Lipinski definition) is 1. The summed E-state index contributed by atoms with van der Waals surface area (Å²) in [6, 6.07) is 6.98. The van der Waals surface area contributed by atoms with Gasteiger partial charge in [0.25, 0.3) is 0 Å². The number of ether oxygens (including phenoxy) is 1. The molecular weight excluding hydrogens is 242 g/mol. The first-order valence-electron chi connectivity index (χ1n) is 6.31. The number of carbonyl (C=O) groups excluding carboxylic acids is 1. The summed E-state index contributed by atoms with van der Waals surface area (Å²) >= 11 is 0. The van der Waals surface area contributed by atoms with E-state index in [0.29, 0.717) is 13.1 Å². The van der Waals surface area contributed by atoms with Gasteiger partial charge in [-0.05, 0) is 44.0 Å². The minimum Gasteiger partial charge on any atom is -0.508 e. The third kappa shape index (κ3) is 3.50. The van der Waals surface area contributed by atoms with Crippen LogP contribution in [0.5, 0.6) is 5.75 Å². The van der Waals surface area contributed by atoms with E-state index in [4.69, 9.17) is 4.74 Å². The van der Waals surface area contributed by atoms with Crippen molar-refractivity contribution in [3.8, 4) is 5.75 Å². The van der Waals surface area contributed by atoms with Crippen LogP contribution in [0.2, 0.25) is 0 Å². The van der Waals surface area contributed by atoms with Gasteiger partial charge in [-0.3, -0.25) is 0 Å². The highest BCUT2D eigenvalue weighted by Gasteiger charge is 2.25. The number of phenols is 1. The zero-order valence-electron chi connectivity index (χ0n) is 11.5. The molecule has 2 rings (SSSR count). The largest absolute Gasteiger partial charge is 0.508 e. The number of amides is 1.